The van der Waals surface area contributed by atoms with Crippen LogP contribution in [0.25, 0.3) is 0 Å². The maximum atomic E-state index is 14.2. The Bertz CT molecular complexity index is 1490. The summed E-state index contributed by atoms with van der Waals surface area (Å²) in [6.07, 6.45) is 0.324. The highest BCUT2D eigenvalue weighted by Gasteiger charge is 2.34. The lowest BCUT2D eigenvalue weighted by molar-refractivity contribution is -0.140. The van der Waals surface area contributed by atoms with Gasteiger partial charge in [-0.3, -0.25) is 13.9 Å². The Hall–Kier alpha value is -3.76. The van der Waals surface area contributed by atoms with E-state index in [0.29, 0.717) is 24.5 Å². The molecule has 43 heavy (non-hydrogen) atoms. The topological polar surface area (TPSA) is 105 Å². The molecule has 3 aromatic rings. The summed E-state index contributed by atoms with van der Waals surface area (Å²) in [6.45, 7) is 7.59. The number of aryl methyl sites for hydroxylation is 1. The molecule has 232 valence electrons. The number of hydrogen-bond acceptors (Lipinski definition) is 6. The summed E-state index contributed by atoms with van der Waals surface area (Å²) in [5.74, 6) is 0.360. The Kier molecular flexibility index (Phi) is 11.9. The molecule has 11 heteroatoms. The second-order valence-corrected chi connectivity index (χ2v) is 12.8. The molecule has 0 aliphatic heterocycles. The van der Waals surface area contributed by atoms with Crippen molar-refractivity contribution < 1.29 is 27.5 Å². The molecule has 9 nitrogen and oxygen atoms in total. The van der Waals surface area contributed by atoms with Crippen LogP contribution in [0.3, 0.4) is 0 Å². The average Bonchev–Trinajstić information content (AvgIpc) is 2.99. The first-order valence-electron chi connectivity index (χ1n) is 14.0. The predicted molar refractivity (Wildman–Crippen MR) is 169 cm³/mol. The van der Waals surface area contributed by atoms with Gasteiger partial charge >= 0.3 is 0 Å². The minimum absolute atomic E-state index is 0.0151. The fourth-order valence-corrected chi connectivity index (χ4v) is 6.10. The molecule has 0 bridgehead atoms. The molecule has 0 fully saturated rings. The summed E-state index contributed by atoms with van der Waals surface area (Å²) in [4.78, 5) is 29.0. The summed E-state index contributed by atoms with van der Waals surface area (Å²) in [7, 11) is -1.21. The lowest BCUT2D eigenvalue weighted by Gasteiger charge is -2.33. The van der Waals surface area contributed by atoms with Crippen LogP contribution < -0.4 is 19.1 Å². The maximum Gasteiger partial charge on any atom is 0.264 e. The first kappa shape index (κ1) is 33.7. The minimum atomic E-state index is -4.22. The Labute approximate surface area is 259 Å². The number of carbonyl (C=O) groups excluding carboxylic acids is 2. The summed E-state index contributed by atoms with van der Waals surface area (Å²) in [5.41, 5.74) is 1.82. The highest BCUT2D eigenvalue weighted by molar-refractivity contribution is 7.92. The van der Waals surface area contributed by atoms with Crippen molar-refractivity contribution in [2.24, 2.45) is 5.92 Å². The van der Waals surface area contributed by atoms with E-state index in [1.54, 1.807) is 37.4 Å². The quantitative estimate of drug-likeness (QED) is 0.255. The number of sulfonamides is 1. The van der Waals surface area contributed by atoms with Gasteiger partial charge in [-0.15, -0.1) is 0 Å². The molecular formula is C32H40ClN3O6S. The number of benzene rings is 3. The Balaban J connectivity index is 2.08. The first-order chi connectivity index (χ1) is 20.4. The van der Waals surface area contributed by atoms with Crippen molar-refractivity contribution in [3.63, 3.8) is 0 Å². The van der Waals surface area contributed by atoms with Crippen LogP contribution in [0.5, 0.6) is 11.5 Å². The Morgan fingerprint density at radius 3 is 2.14 bits per heavy atom. The summed E-state index contributed by atoms with van der Waals surface area (Å²) in [5, 5.41) is 3.11. The number of nitrogens with one attached hydrogen (secondary N) is 1. The third kappa shape index (κ3) is 8.64. The molecule has 0 radical (unpaired) electrons. The third-order valence-electron chi connectivity index (χ3n) is 6.89. The van der Waals surface area contributed by atoms with Crippen molar-refractivity contribution in [2.75, 3.05) is 31.6 Å². The van der Waals surface area contributed by atoms with E-state index < -0.39 is 28.5 Å². The van der Waals surface area contributed by atoms with Gasteiger partial charge in [0.1, 0.15) is 24.1 Å². The van der Waals surface area contributed by atoms with E-state index in [4.69, 9.17) is 21.1 Å². The molecule has 3 rings (SSSR count). The average molecular weight is 630 g/mol. The summed E-state index contributed by atoms with van der Waals surface area (Å²) >= 11 is 6.39. The maximum absolute atomic E-state index is 14.2. The van der Waals surface area contributed by atoms with E-state index in [0.717, 1.165) is 15.4 Å². The van der Waals surface area contributed by atoms with Crippen molar-refractivity contribution in [1.82, 2.24) is 10.2 Å². The van der Waals surface area contributed by atoms with Gasteiger partial charge in [-0.2, -0.15) is 0 Å². The number of rotatable bonds is 14. The molecule has 0 unspecified atom stereocenters. The number of halogens is 1. The molecule has 1 N–H and O–H groups in total. The van der Waals surface area contributed by atoms with Crippen LogP contribution in [0.2, 0.25) is 5.02 Å². The number of anilines is 1. The lowest BCUT2D eigenvalue weighted by atomic mass is 10.1. The van der Waals surface area contributed by atoms with Crippen molar-refractivity contribution in [1.29, 1.82) is 0 Å². The number of carbonyl (C=O) groups is 2. The molecule has 2 amide bonds. The molecule has 0 aliphatic carbocycles. The number of hydrogen-bond donors (Lipinski definition) is 1. The molecule has 0 aliphatic rings. The molecule has 1 atom stereocenters. The Morgan fingerprint density at radius 2 is 1.60 bits per heavy atom. The number of methoxy groups -OCH3 is 2. The predicted octanol–water partition coefficient (Wildman–Crippen LogP) is 5.44. The van der Waals surface area contributed by atoms with Gasteiger partial charge in [0.15, 0.2) is 0 Å². The van der Waals surface area contributed by atoms with E-state index >= 15 is 0 Å². The smallest absolute Gasteiger partial charge is 0.264 e. The van der Waals surface area contributed by atoms with Crippen molar-refractivity contribution >= 4 is 39.1 Å². The normalized spacial score (nSPS) is 12.0. The van der Waals surface area contributed by atoms with Crippen LogP contribution in [0, 0.1) is 12.8 Å². The van der Waals surface area contributed by atoms with E-state index in [1.165, 1.54) is 36.3 Å². The van der Waals surface area contributed by atoms with Gasteiger partial charge in [-0.05, 0) is 67.3 Å². The third-order valence-corrected chi connectivity index (χ3v) is 8.98. The lowest BCUT2D eigenvalue weighted by Crippen LogP contribution is -2.52. The van der Waals surface area contributed by atoms with Crippen molar-refractivity contribution in [3.8, 4) is 11.5 Å². The standard InChI is InChI=1S/C32H40ClN3O6S/c1-7-29(32(38)34-19-22(2)3)35(20-24-10-13-26(41-5)14-11-24)31(37)21-36(25-12-17-30(42-6)28(33)18-25)43(39,40)27-15-8-23(4)9-16-27/h8-18,22,29H,7,19-21H2,1-6H3,(H,34,38)/t29-/m1/s1. The fraction of sp³-hybridized carbons (Fsp3) is 0.375. The van der Waals surface area contributed by atoms with Crippen LogP contribution in [0.4, 0.5) is 5.69 Å². The second-order valence-electron chi connectivity index (χ2n) is 10.6. The minimum Gasteiger partial charge on any atom is -0.497 e. The molecule has 0 heterocycles. The Morgan fingerprint density at radius 1 is 0.953 bits per heavy atom. The molecule has 0 saturated heterocycles. The highest BCUT2D eigenvalue weighted by Crippen LogP contribution is 2.32. The van der Waals surface area contributed by atoms with E-state index in [1.807, 2.05) is 39.8 Å². The van der Waals surface area contributed by atoms with Crippen LogP contribution in [-0.4, -0.2) is 58.5 Å². The van der Waals surface area contributed by atoms with Gasteiger partial charge in [0, 0.05) is 13.1 Å². The monoisotopic (exact) mass is 629 g/mol. The molecule has 3 aromatic carbocycles. The fourth-order valence-electron chi connectivity index (χ4n) is 4.45. The summed E-state index contributed by atoms with van der Waals surface area (Å²) in [6, 6.07) is 17.2. The van der Waals surface area contributed by atoms with Crippen LogP contribution in [-0.2, 0) is 26.2 Å². The molecule has 0 saturated carbocycles. The molecule has 0 aromatic heterocycles. The number of ether oxygens (including phenoxy) is 2. The van der Waals surface area contributed by atoms with Gasteiger partial charge in [-0.25, -0.2) is 8.42 Å². The van der Waals surface area contributed by atoms with E-state index in [2.05, 4.69) is 5.32 Å². The van der Waals surface area contributed by atoms with Gasteiger partial charge in [0.2, 0.25) is 11.8 Å². The van der Waals surface area contributed by atoms with Crippen molar-refractivity contribution in [3.05, 3.63) is 82.9 Å². The van der Waals surface area contributed by atoms with Gasteiger partial charge in [-0.1, -0.05) is 62.2 Å². The first-order valence-corrected chi connectivity index (χ1v) is 15.9. The zero-order valence-corrected chi connectivity index (χ0v) is 27.0. The zero-order valence-electron chi connectivity index (χ0n) is 25.5. The van der Waals surface area contributed by atoms with Gasteiger partial charge < -0.3 is 19.7 Å². The molecule has 0 spiro atoms. The summed E-state index contributed by atoms with van der Waals surface area (Å²) < 4.78 is 39.6. The van der Waals surface area contributed by atoms with Gasteiger partial charge in [0.25, 0.3) is 10.0 Å². The van der Waals surface area contributed by atoms with Gasteiger partial charge in [0.05, 0.1) is 29.8 Å². The number of nitrogens with zero attached hydrogens (tertiary/aromatic N) is 2. The SMILES string of the molecule is CC[C@H](C(=O)NCC(C)C)N(Cc1ccc(OC)cc1)C(=O)CN(c1ccc(OC)c(Cl)c1)S(=O)(=O)c1ccc(C)cc1. The largest absolute Gasteiger partial charge is 0.497 e. The highest BCUT2D eigenvalue weighted by atomic mass is 35.5. The second kappa shape index (κ2) is 15.1. The number of amides is 2. The van der Waals surface area contributed by atoms with E-state index in [9.17, 15) is 18.0 Å². The van der Waals surface area contributed by atoms with Crippen LogP contribution in [0.15, 0.2) is 71.6 Å². The molecular weight excluding hydrogens is 590 g/mol. The zero-order chi connectivity index (χ0) is 31.7. The van der Waals surface area contributed by atoms with E-state index in [-0.39, 0.29) is 34.0 Å². The van der Waals surface area contributed by atoms with Crippen LogP contribution in [0.1, 0.15) is 38.3 Å². The van der Waals surface area contributed by atoms with Crippen LogP contribution >= 0.6 is 11.6 Å². The van der Waals surface area contributed by atoms with Crippen molar-refractivity contribution in [2.45, 2.75) is 51.6 Å².